The number of sulfone groups is 1. The van der Waals surface area contributed by atoms with Crippen molar-refractivity contribution in [2.24, 2.45) is 0 Å². The number of thioether (sulfide) groups is 1. The van der Waals surface area contributed by atoms with E-state index < -0.39 is 26.7 Å². The Morgan fingerprint density at radius 1 is 1.00 bits per heavy atom. The molecule has 0 saturated heterocycles. The largest absolute Gasteiger partial charge is 0.496 e. The molecular formula is C22H26ClF3N6O5S2. The molecule has 4 N–H and O–H groups in total. The van der Waals surface area contributed by atoms with Gasteiger partial charge in [-0.1, -0.05) is 23.4 Å². The third-order valence-corrected chi connectivity index (χ3v) is 6.12. The second-order valence-electron chi connectivity index (χ2n) is 7.47. The van der Waals surface area contributed by atoms with Crippen LogP contribution in [0.3, 0.4) is 0 Å². The number of benzene rings is 1. The Morgan fingerprint density at radius 3 is 2.13 bits per heavy atom. The second kappa shape index (κ2) is 14.5. The topological polar surface area (TPSA) is 159 Å². The zero-order chi connectivity index (χ0) is 29.2. The first-order chi connectivity index (χ1) is 18.3. The fourth-order valence-electron chi connectivity index (χ4n) is 2.86. The number of alkyl halides is 3. The van der Waals surface area contributed by atoms with Crippen molar-refractivity contribution >= 4 is 44.8 Å². The Balaban J connectivity index is 0.000000344. The van der Waals surface area contributed by atoms with E-state index in [1.54, 1.807) is 6.07 Å². The highest BCUT2D eigenvalue weighted by atomic mass is 35.5. The predicted molar refractivity (Wildman–Crippen MR) is 142 cm³/mol. The normalized spacial score (nSPS) is 11.4. The van der Waals surface area contributed by atoms with Crippen LogP contribution in [0.1, 0.15) is 5.56 Å². The van der Waals surface area contributed by atoms with Crippen LogP contribution in [0.2, 0.25) is 5.15 Å². The summed E-state index contributed by atoms with van der Waals surface area (Å²) in [7, 11) is -2.69. The highest BCUT2D eigenvalue weighted by molar-refractivity contribution is 7.98. The molecule has 0 aliphatic heterocycles. The minimum atomic E-state index is -4.66. The molecule has 11 nitrogen and oxygen atoms in total. The Bertz CT molecular complexity index is 1370. The van der Waals surface area contributed by atoms with Gasteiger partial charge in [0.15, 0.2) is 5.16 Å². The van der Waals surface area contributed by atoms with E-state index in [4.69, 9.17) is 26.6 Å². The maximum Gasteiger partial charge on any atom is 0.419 e. The van der Waals surface area contributed by atoms with Crippen LogP contribution in [0.5, 0.6) is 5.75 Å². The number of aromatic nitrogens is 4. The van der Waals surface area contributed by atoms with Gasteiger partial charge < -0.3 is 25.6 Å². The first kappa shape index (κ1) is 32.3. The number of nitrogens with one attached hydrogen (secondary N) is 2. The van der Waals surface area contributed by atoms with E-state index in [2.05, 4.69) is 30.6 Å². The lowest BCUT2D eigenvalue weighted by atomic mass is 10.1. The predicted octanol–water partition coefficient (Wildman–Crippen LogP) is 3.23. The monoisotopic (exact) mass is 610 g/mol. The molecule has 17 heteroatoms. The molecule has 0 fully saturated rings. The van der Waals surface area contributed by atoms with Crippen LogP contribution in [-0.4, -0.2) is 84.5 Å². The molecule has 0 spiro atoms. The second-order valence-corrected chi connectivity index (χ2v) is 10.5. The summed E-state index contributed by atoms with van der Waals surface area (Å²) in [5.74, 6) is 0.338. The lowest BCUT2D eigenvalue weighted by Gasteiger charge is -2.14. The van der Waals surface area contributed by atoms with Gasteiger partial charge >= 0.3 is 6.18 Å². The van der Waals surface area contributed by atoms with E-state index in [1.807, 2.05) is 6.26 Å². The molecule has 0 unspecified atom stereocenters. The van der Waals surface area contributed by atoms with Crippen molar-refractivity contribution in [2.75, 3.05) is 56.6 Å². The number of aliphatic hydroxyl groups excluding tert-OH is 2. The number of nitrogens with zero attached hydrogens (tertiary/aromatic N) is 4. The summed E-state index contributed by atoms with van der Waals surface area (Å²) in [5.41, 5.74) is -0.992. The summed E-state index contributed by atoms with van der Waals surface area (Å²) in [6.07, 6.45) is -1.90. The Hall–Kier alpha value is -2.92. The van der Waals surface area contributed by atoms with Crippen LogP contribution in [0.25, 0.3) is 11.3 Å². The molecule has 0 bridgehead atoms. The molecule has 0 aliphatic carbocycles. The molecule has 39 heavy (non-hydrogen) atoms. The van der Waals surface area contributed by atoms with Gasteiger partial charge in [0.2, 0.25) is 15.0 Å². The smallest absolute Gasteiger partial charge is 0.419 e. The molecule has 0 amide bonds. The van der Waals surface area contributed by atoms with Gasteiger partial charge in [-0.3, -0.25) is 0 Å². The number of methoxy groups -OCH3 is 1. The Morgan fingerprint density at radius 2 is 1.62 bits per heavy atom. The molecular weight excluding hydrogens is 585 g/mol. The van der Waals surface area contributed by atoms with E-state index >= 15 is 0 Å². The van der Waals surface area contributed by atoms with Crippen molar-refractivity contribution in [3.05, 3.63) is 41.0 Å². The quantitative estimate of drug-likeness (QED) is 0.151. The summed E-state index contributed by atoms with van der Waals surface area (Å²) < 4.78 is 67.9. The molecule has 3 aromatic rings. The highest BCUT2D eigenvalue weighted by Crippen LogP contribution is 2.38. The van der Waals surface area contributed by atoms with Crippen LogP contribution in [-0.2, 0) is 16.0 Å². The first-order valence-electron chi connectivity index (χ1n) is 10.9. The number of rotatable bonds is 10. The lowest BCUT2D eigenvalue weighted by Crippen LogP contribution is -2.12. The summed E-state index contributed by atoms with van der Waals surface area (Å²) in [6, 6.07) is 6.20. The minimum Gasteiger partial charge on any atom is -0.496 e. The van der Waals surface area contributed by atoms with Crippen molar-refractivity contribution < 1.29 is 36.5 Å². The van der Waals surface area contributed by atoms with Crippen LogP contribution < -0.4 is 15.4 Å². The fourth-order valence-corrected chi connectivity index (χ4v) is 4.01. The molecule has 1 aromatic carbocycles. The molecule has 2 heterocycles. The summed E-state index contributed by atoms with van der Waals surface area (Å²) in [5, 5.41) is 23.5. The van der Waals surface area contributed by atoms with Crippen LogP contribution in [0, 0.1) is 0 Å². The SMILES string of the molecule is COc1ccc(-c2cc(NCCO)nc(S(C)(=O)=O)n2)cc1C(F)(F)F.CSc1nc(Cl)cc(NCCO)n1. The Labute approximate surface area is 232 Å². The van der Waals surface area contributed by atoms with Gasteiger partial charge in [-0.15, -0.1) is 0 Å². The molecule has 0 atom stereocenters. The third kappa shape index (κ3) is 9.96. The van der Waals surface area contributed by atoms with Crippen LogP contribution in [0.15, 0.2) is 40.6 Å². The number of hydrogen-bond donors (Lipinski definition) is 4. The summed E-state index contributed by atoms with van der Waals surface area (Å²) >= 11 is 7.16. The van der Waals surface area contributed by atoms with Gasteiger partial charge in [-0.2, -0.15) is 13.2 Å². The standard InChI is InChI=1S/C15H16F3N3O4S.C7H10ClN3OS/c1-25-12-4-3-9(7-10(12)15(16,17)18)11-8-13(19-5-6-22)21-14(20-11)26(2,23)24;1-13-7-10-5(8)4-6(11-7)9-2-3-12/h3-4,7-8,22H,5-6H2,1-2H3,(H,19,20,21);4,12H,2-3H2,1H3,(H,9,10,11). The third-order valence-electron chi connectivity index (χ3n) is 4.53. The van der Waals surface area contributed by atoms with Crippen molar-refractivity contribution in [2.45, 2.75) is 16.5 Å². The van der Waals surface area contributed by atoms with Crippen LogP contribution in [0.4, 0.5) is 24.8 Å². The molecule has 3 rings (SSSR count). The van der Waals surface area contributed by atoms with Gasteiger partial charge in [0.25, 0.3) is 0 Å². The van der Waals surface area contributed by atoms with Crippen LogP contribution >= 0.6 is 23.4 Å². The zero-order valence-corrected chi connectivity index (χ0v) is 23.3. The van der Waals surface area contributed by atoms with E-state index in [9.17, 15) is 21.6 Å². The van der Waals surface area contributed by atoms with Gasteiger partial charge in [-0.25, -0.2) is 28.4 Å². The van der Waals surface area contributed by atoms with Crippen molar-refractivity contribution in [3.63, 3.8) is 0 Å². The summed E-state index contributed by atoms with van der Waals surface area (Å²) in [4.78, 5) is 15.8. The maximum atomic E-state index is 13.2. The van der Waals surface area contributed by atoms with Crippen molar-refractivity contribution in [1.29, 1.82) is 0 Å². The molecule has 214 valence electrons. The molecule has 0 aliphatic rings. The van der Waals surface area contributed by atoms with E-state index in [0.29, 0.717) is 22.7 Å². The molecule has 0 radical (unpaired) electrons. The van der Waals surface area contributed by atoms with Gasteiger partial charge in [0.1, 0.15) is 22.5 Å². The first-order valence-corrected chi connectivity index (χ1v) is 14.4. The maximum absolute atomic E-state index is 13.2. The fraction of sp³-hybridized carbons (Fsp3) is 0.364. The lowest BCUT2D eigenvalue weighted by molar-refractivity contribution is -0.138. The van der Waals surface area contributed by atoms with Crippen molar-refractivity contribution in [3.8, 4) is 17.0 Å². The minimum absolute atomic E-state index is 0.0194. The molecule has 0 saturated carbocycles. The number of halogens is 4. The van der Waals surface area contributed by atoms with Gasteiger partial charge in [0.05, 0.1) is 31.6 Å². The number of hydrogen-bond acceptors (Lipinski definition) is 12. The number of anilines is 2. The van der Waals surface area contributed by atoms with Gasteiger partial charge in [0, 0.05) is 37.0 Å². The van der Waals surface area contributed by atoms with Gasteiger partial charge in [-0.05, 0) is 24.5 Å². The average molecular weight is 611 g/mol. The number of ether oxygens (including phenoxy) is 1. The number of aliphatic hydroxyl groups is 2. The van der Waals surface area contributed by atoms with E-state index in [1.165, 1.54) is 23.9 Å². The summed E-state index contributed by atoms with van der Waals surface area (Å²) in [6.45, 7) is 0.363. The van der Waals surface area contributed by atoms with E-state index in [0.717, 1.165) is 25.5 Å². The zero-order valence-electron chi connectivity index (χ0n) is 21.0. The Kier molecular flexibility index (Phi) is 12.0. The highest BCUT2D eigenvalue weighted by Gasteiger charge is 2.34. The average Bonchev–Trinajstić information content (AvgIpc) is 2.89. The molecule has 2 aromatic heterocycles. The van der Waals surface area contributed by atoms with E-state index in [-0.39, 0.29) is 42.6 Å². The van der Waals surface area contributed by atoms with Crippen molar-refractivity contribution in [1.82, 2.24) is 19.9 Å².